The molecule has 1 aliphatic heterocycles. The number of unbranched alkanes of at least 4 members (excludes halogenated alkanes) is 4. The number of hydrogen-bond donors (Lipinski definition) is 1. The van der Waals surface area contributed by atoms with Crippen LogP contribution < -0.4 is 5.73 Å². The quantitative estimate of drug-likeness (QED) is 0.654. The molecule has 0 aromatic heterocycles. The van der Waals surface area contributed by atoms with Crippen molar-refractivity contribution < 1.29 is 4.74 Å². The van der Waals surface area contributed by atoms with Crippen molar-refractivity contribution in [3.63, 3.8) is 0 Å². The minimum atomic E-state index is 0.199. The average molecular weight is 270 g/mol. The van der Waals surface area contributed by atoms with Crippen molar-refractivity contribution in [3.8, 4) is 0 Å². The molecule has 0 saturated carbocycles. The Kier molecular flexibility index (Phi) is 7.96. The smallest absolute Gasteiger partial charge is 0.0595 e. The topological polar surface area (TPSA) is 38.5 Å². The van der Waals surface area contributed by atoms with Crippen LogP contribution in [0.25, 0.3) is 0 Å². The van der Waals surface area contributed by atoms with E-state index in [4.69, 9.17) is 10.5 Å². The molecule has 0 aliphatic carbocycles. The molecular formula is C16H34N2O. The van der Waals surface area contributed by atoms with Gasteiger partial charge in [0.05, 0.1) is 6.10 Å². The van der Waals surface area contributed by atoms with Crippen molar-refractivity contribution in [2.75, 3.05) is 26.7 Å². The minimum Gasteiger partial charge on any atom is -0.381 e. The number of hydrogen-bond acceptors (Lipinski definition) is 3. The molecule has 114 valence electrons. The van der Waals surface area contributed by atoms with Gasteiger partial charge in [0.15, 0.2) is 0 Å². The zero-order chi connectivity index (χ0) is 14.1. The number of ether oxygens (including phenoxy) is 1. The fourth-order valence-corrected chi connectivity index (χ4v) is 3.13. The lowest BCUT2D eigenvalue weighted by Gasteiger charge is -2.44. The van der Waals surface area contributed by atoms with E-state index in [1.165, 1.54) is 38.5 Å². The predicted octanol–water partition coefficient (Wildman–Crippen LogP) is 3.18. The van der Waals surface area contributed by atoms with Gasteiger partial charge in [-0.05, 0) is 26.2 Å². The third kappa shape index (κ3) is 5.41. The summed E-state index contributed by atoms with van der Waals surface area (Å²) in [5, 5.41) is 0. The Hall–Kier alpha value is -0.120. The number of nitrogens with zero attached hydrogens (tertiary/aromatic N) is 1. The van der Waals surface area contributed by atoms with E-state index in [1.54, 1.807) is 0 Å². The maximum absolute atomic E-state index is 6.07. The molecule has 19 heavy (non-hydrogen) atoms. The summed E-state index contributed by atoms with van der Waals surface area (Å²) in [5.41, 5.74) is 6.27. The standard InChI is InChI=1S/C16H34N2O/c1-4-5-6-7-8-11-16(2,14-17)18-12-9-15(19-3)10-13-18/h15H,4-14,17H2,1-3H3. The predicted molar refractivity (Wildman–Crippen MR) is 82.4 cm³/mol. The second kappa shape index (κ2) is 8.93. The first-order valence-electron chi connectivity index (χ1n) is 8.14. The summed E-state index contributed by atoms with van der Waals surface area (Å²) in [6.07, 6.45) is 10.8. The van der Waals surface area contributed by atoms with Gasteiger partial charge in [0.2, 0.25) is 0 Å². The summed E-state index contributed by atoms with van der Waals surface area (Å²) in [5.74, 6) is 0. The van der Waals surface area contributed by atoms with E-state index in [9.17, 15) is 0 Å². The summed E-state index contributed by atoms with van der Waals surface area (Å²) in [7, 11) is 1.83. The summed E-state index contributed by atoms with van der Waals surface area (Å²) >= 11 is 0. The van der Waals surface area contributed by atoms with Crippen LogP contribution in [0.1, 0.15) is 65.2 Å². The van der Waals surface area contributed by atoms with Gasteiger partial charge >= 0.3 is 0 Å². The van der Waals surface area contributed by atoms with Gasteiger partial charge in [0, 0.05) is 32.3 Å². The molecule has 0 aromatic rings. The molecule has 1 unspecified atom stereocenters. The minimum absolute atomic E-state index is 0.199. The van der Waals surface area contributed by atoms with Gasteiger partial charge in [-0.25, -0.2) is 0 Å². The van der Waals surface area contributed by atoms with Crippen molar-refractivity contribution in [2.24, 2.45) is 5.73 Å². The molecule has 1 saturated heterocycles. The average Bonchev–Trinajstić information content (AvgIpc) is 2.47. The number of likely N-dealkylation sites (tertiary alicyclic amines) is 1. The molecule has 1 rings (SSSR count). The van der Waals surface area contributed by atoms with E-state index < -0.39 is 0 Å². The van der Waals surface area contributed by atoms with Crippen LogP contribution in [0.4, 0.5) is 0 Å². The van der Waals surface area contributed by atoms with E-state index in [1.807, 2.05) is 7.11 Å². The number of nitrogens with two attached hydrogens (primary N) is 1. The maximum atomic E-state index is 6.07. The SMILES string of the molecule is CCCCCCCC(C)(CN)N1CCC(OC)CC1. The summed E-state index contributed by atoms with van der Waals surface area (Å²) in [6.45, 7) is 7.67. The normalized spacial score (nSPS) is 21.5. The highest BCUT2D eigenvalue weighted by Gasteiger charge is 2.32. The fraction of sp³-hybridized carbons (Fsp3) is 1.00. The van der Waals surface area contributed by atoms with Gasteiger partial charge in [-0.1, -0.05) is 39.0 Å². The van der Waals surface area contributed by atoms with Crippen molar-refractivity contribution in [1.29, 1.82) is 0 Å². The Bertz CT molecular complexity index is 227. The molecule has 0 bridgehead atoms. The van der Waals surface area contributed by atoms with Crippen LogP contribution in [-0.4, -0.2) is 43.3 Å². The van der Waals surface area contributed by atoms with Crippen molar-refractivity contribution in [1.82, 2.24) is 4.90 Å². The molecule has 1 atom stereocenters. The molecule has 1 fully saturated rings. The molecule has 0 spiro atoms. The molecule has 3 nitrogen and oxygen atoms in total. The number of piperidine rings is 1. The van der Waals surface area contributed by atoms with Gasteiger partial charge < -0.3 is 10.5 Å². The van der Waals surface area contributed by atoms with Crippen LogP contribution in [0, 0.1) is 0 Å². The third-order valence-electron chi connectivity index (χ3n) is 4.80. The second-order valence-corrected chi connectivity index (χ2v) is 6.29. The monoisotopic (exact) mass is 270 g/mol. The lowest BCUT2D eigenvalue weighted by atomic mass is 9.89. The van der Waals surface area contributed by atoms with E-state index in [2.05, 4.69) is 18.7 Å². The first-order chi connectivity index (χ1) is 9.16. The van der Waals surface area contributed by atoms with Gasteiger partial charge in [0.1, 0.15) is 0 Å². The van der Waals surface area contributed by atoms with Gasteiger partial charge in [-0.3, -0.25) is 4.90 Å². The van der Waals surface area contributed by atoms with Crippen LogP contribution in [0.2, 0.25) is 0 Å². The maximum Gasteiger partial charge on any atom is 0.0595 e. The van der Waals surface area contributed by atoms with E-state index >= 15 is 0 Å². The molecule has 2 N–H and O–H groups in total. The Balaban J connectivity index is 2.33. The first-order valence-corrected chi connectivity index (χ1v) is 8.14. The summed E-state index contributed by atoms with van der Waals surface area (Å²) in [6, 6.07) is 0. The van der Waals surface area contributed by atoms with E-state index in [0.717, 1.165) is 32.5 Å². The molecule has 1 aliphatic rings. The lowest BCUT2D eigenvalue weighted by molar-refractivity contribution is 0.000163. The summed E-state index contributed by atoms with van der Waals surface area (Å²) in [4.78, 5) is 2.60. The second-order valence-electron chi connectivity index (χ2n) is 6.29. The molecule has 0 amide bonds. The third-order valence-corrected chi connectivity index (χ3v) is 4.80. The highest BCUT2D eigenvalue weighted by molar-refractivity contribution is 4.90. The molecule has 3 heteroatoms. The van der Waals surface area contributed by atoms with Crippen molar-refractivity contribution in [3.05, 3.63) is 0 Å². The highest BCUT2D eigenvalue weighted by atomic mass is 16.5. The van der Waals surface area contributed by atoms with Crippen LogP contribution >= 0.6 is 0 Å². The molecular weight excluding hydrogens is 236 g/mol. The van der Waals surface area contributed by atoms with Crippen LogP contribution in [0.5, 0.6) is 0 Å². The Morgan fingerprint density at radius 3 is 2.32 bits per heavy atom. The van der Waals surface area contributed by atoms with Crippen LogP contribution in [-0.2, 0) is 4.74 Å². The zero-order valence-electron chi connectivity index (χ0n) is 13.3. The highest BCUT2D eigenvalue weighted by Crippen LogP contribution is 2.26. The van der Waals surface area contributed by atoms with Gasteiger partial charge in [-0.15, -0.1) is 0 Å². The number of rotatable bonds is 9. The zero-order valence-corrected chi connectivity index (χ0v) is 13.3. The van der Waals surface area contributed by atoms with Gasteiger partial charge in [-0.2, -0.15) is 0 Å². The Morgan fingerprint density at radius 1 is 1.16 bits per heavy atom. The molecule has 0 radical (unpaired) electrons. The van der Waals surface area contributed by atoms with Crippen LogP contribution in [0.3, 0.4) is 0 Å². The molecule has 0 aromatic carbocycles. The van der Waals surface area contributed by atoms with E-state index in [0.29, 0.717) is 6.10 Å². The Labute approximate surface area is 119 Å². The van der Waals surface area contributed by atoms with Crippen molar-refractivity contribution >= 4 is 0 Å². The lowest BCUT2D eigenvalue weighted by Crippen LogP contribution is -2.55. The largest absolute Gasteiger partial charge is 0.381 e. The van der Waals surface area contributed by atoms with Crippen LogP contribution in [0.15, 0.2) is 0 Å². The summed E-state index contributed by atoms with van der Waals surface area (Å²) < 4.78 is 5.45. The fourth-order valence-electron chi connectivity index (χ4n) is 3.13. The van der Waals surface area contributed by atoms with E-state index in [-0.39, 0.29) is 5.54 Å². The molecule has 1 heterocycles. The first kappa shape index (κ1) is 16.9. The van der Waals surface area contributed by atoms with Gasteiger partial charge in [0.25, 0.3) is 0 Å². The number of methoxy groups -OCH3 is 1. The Morgan fingerprint density at radius 2 is 1.79 bits per heavy atom. The van der Waals surface area contributed by atoms with Crippen molar-refractivity contribution in [2.45, 2.75) is 76.9 Å².